The second-order valence-electron chi connectivity index (χ2n) is 6.92. The molecule has 7 nitrogen and oxygen atoms in total. The summed E-state index contributed by atoms with van der Waals surface area (Å²) in [5.74, 6) is 0.0344. The van der Waals surface area contributed by atoms with Crippen molar-refractivity contribution < 1.29 is 13.9 Å². The van der Waals surface area contributed by atoms with Crippen LogP contribution in [0.1, 0.15) is 5.82 Å². The number of thioether (sulfide) groups is 1. The molecule has 31 heavy (non-hydrogen) atoms. The lowest BCUT2D eigenvalue weighted by atomic mass is 10.3. The van der Waals surface area contributed by atoms with E-state index in [-0.39, 0.29) is 17.3 Å². The molecule has 1 aliphatic rings. The maximum absolute atomic E-state index is 13.8. The van der Waals surface area contributed by atoms with Crippen molar-refractivity contribution in [2.75, 3.05) is 37.4 Å². The van der Waals surface area contributed by atoms with Crippen LogP contribution in [-0.2, 0) is 16.1 Å². The normalized spacial score (nSPS) is 14.5. The van der Waals surface area contributed by atoms with Gasteiger partial charge in [-0.1, -0.05) is 35.5 Å². The first-order valence-electron chi connectivity index (χ1n) is 9.77. The zero-order valence-electron chi connectivity index (χ0n) is 16.6. The van der Waals surface area contributed by atoms with Gasteiger partial charge in [0.1, 0.15) is 5.82 Å². The van der Waals surface area contributed by atoms with Crippen molar-refractivity contribution >= 4 is 35.0 Å². The van der Waals surface area contributed by atoms with Crippen molar-refractivity contribution in [3.63, 3.8) is 0 Å². The van der Waals surface area contributed by atoms with Gasteiger partial charge < -0.3 is 10.1 Å². The van der Waals surface area contributed by atoms with Crippen molar-refractivity contribution in [1.29, 1.82) is 0 Å². The maximum Gasteiger partial charge on any atom is 0.234 e. The van der Waals surface area contributed by atoms with Crippen LogP contribution in [0.4, 0.5) is 10.1 Å². The number of ether oxygens (including phenoxy) is 1. The number of benzene rings is 2. The highest BCUT2D eigenvalue weighted by Gasteiger charge is 2.20. The SMILES string of the molecule is O=C(CSc1nnc(CN2CCOCC2)n1-c1ccc(Cl)cc1)Nc1ccccc1F. The minimum absolute atomic E-state index is 0.0671. The first-order valence-corrected chi connectivity index (χ1v) is 11.1. The molecule has 0 unspecified atom stereocenters. The van der Waals surface area contributed by atoms with Crippen molar-refractivity contribution in [1.82, 2.24) is 19.7 Å². The van der Waals surface area contributed by atoms with Crippen LogP contribution in [0.3, 0.4) is 0 Å². The number of carbonyl (C=O) groups is 1. The van der Waals surface area contributed by atoms with Gasteiger partial charge in [0.15, 0.2) is 11.0 Å². The first-order chi connectivity index (χ1) is 15.1. The Balaban J connectivity index is 1.51. The summed E-state index contributed by atoms with van der Waals surface area (Å²) in [6, 6.07) is 13.4. The van der Waals surface area contributed by atoms with E-state index >= 15 is 0 Å². The van der Waals surface area contributed by atoms with Crippen LogP contribution in [0.15, 0.2) is 53.7 Å². The summed E-state index contributed by atoms with van der Waals surface area (Å²) in [6.07, 6.45) is 0. The van der Waals surface area contributed by atoms with Crippen LogP contribution in [0.5, 0.6) is 0 Å². The molecule has 1 N–H and O–H groups in total. The Kier molecular flexibility index (Phi) is 7.18. The van der Waals surface area contributed by atoms with Crippen molar-refractivity contribution in [2.45, 2.75) is 11.7 Å². The minimum Gasteiger partial charge on any atom is -0.379 e. The largest absolute Gasteiger partial charge is 0.379 e. The van der Waals surface area contributed by atoms with Crippen LogP contribution in [0.25, 0.3) is 5.69 Å². The van der Waals surface area contributed by atoms with Crippen molar-refractivity contribution in [2.24, 2.45) is 0 Å². The molecule has 1 amide bonds. The van der Waals surface area contributed by atoms with Gasteiger partial charge in [-0.05, 0) is 36.4 Å². The van der Waals surface area contributed by atoms with Crippen LogP contribution in [0.2, 0.25) is 5.02 Å². The molecule has 1 fully saturated rings. The van der Waals surface area contributed by atoms with Gasteiger partial charge in [0.05, 0.1) is 31.2 Å². The van der Waals surface area contributed by atoms with Crippen molar-refractivity contribution in [3.8, 4) is 5.69 Å². The standard InChI is InChI=1S/C21H21ClFN5O2S/c22-15-5-7-16(8-6-15)28-19(13-27-9-11-30-12-10-27)25-26-21(28)31-14-20(29)24-18-4-2-1-3-17(18)23/h1-8H,9-14H2,(H,24,29). The summed E-state index contributed by atoms with van der Waals surface area (Å²) in [5, 5.41) is 12.5. The monoisotopic (exact) mass is 461 g/mol. The Morgan fingerprint density at radius 2 is 1.87 bits per heavy atom. The molecule has 1 aliphatic heterocycles. The highest BCUT2D eigenvalue weighted by Crippen LogP contribution is 2.24. The number of rotatable bonds is 7. The predicted molar refractivity (Wildman–Crippen MR) is 118 cm³/mol. The Morgan fingerprint density at radius 3 is 2.61 bits per heavy atom. The summed E-state index contributed by atoms with van der Waals surface area (Å²) in [7, 11) is 0. The number of nitrogens with zero attached hydrogens (tertiary/aromatic N) is 4. The highest BCUT2D eigenvalue weighted by molar-refractivity contribution is 7.99. The van der Waals surface area contributed by atoms with Gasteiger partial charge in [0.2, 0.25) is 5.91 Å². The summed E-state index contributed by atoms with van der Waals surface area (Å²) < 4.78 is 21.1. The molecule has 0 atom stereocenters. The average molecular weight is 462 g/mol. The fourth-order valence-corrected chi connectivity index (χ4v) is 4.08. The molecule has 1 aromatic heterocycles. The fourth-order valence-electron chi connectivity index (χ4n) is 3.18. The van der Waals surface area contributed by atoms with Gasteiger partial charge in [0.25, 0.3) is 0 Å². The molecule has 162 valence electrons. The van der Waals surface area contributed by atoms with Crippen LogP contribution in [0, 0.1) is 5.82 Å². The average Bonchev–Trinajstić information content (AvgIpc) is 3.17. The molecule has 2 aromatic carbocycles. The van der Waals surface area contributed by atoms with Gasteiger partial charge in [-0.25, -0.2) is 4.39 Å². The summed E-state index contributed by atoms with van der Waals surface area (Å²) in [5.41, 5.74) is 1.01. The van der Waals surface area contributed by atoms with Gasteiger partial charge in [-0.15, -0.1) is 10.2 Å². The number of anilines is 1. The molecule has 0 saturated carbocycles. The lowest BCUT2D eigenvalue weighted by molar-refractivity contribution is -0.113. The maximum atomic E-state index is 13.8. The summed E-state index contributed by atoms with van der Waals surface area (Å²) in [4.78, 5) is 14.6. The number of carbonyl (C=O) groups excluding carboxylic acids is 1. The van der Waals surface area contributed by atoms with E-state index in [2.05, 4.69) is 20.4 Å². The van der Waals surface area contributed by atoms with E-state index in [1.807, 2.05) is 16.7 Å². The molecule has 10 heteroatoms. The molecule has 0 spiro atoms. The highest BCUT2D eigenvalue weighted by atomic mass is 35.5. The van der Waals surface area contributed by atoms with E-state index in [1.165, 1.54) is 23.9 Å². The quantitative estimate of drug-likeness (QED) is 0.542. The van der Waals surface area contributed by atoms with Crippen LogP contribution < -0.4 is 5.32 Å². The van der Waals surface area contributed by atoms with Crippen molar-refractivity contribution in [3.05, 3.63) is 65.2 Å². The summed E-state index contributed by atoms with van der Waals surface area (Å²) >= 11 is 7.29. The van der Waals surface area contributed by atoms with E-state index in [9.17, 15) is 9.18 Å². The molecule has 2 heterocycles. The third-order valence-corrected chi connectivity index (χ3v) is 5.92. The van der Waals surface area contributed by atoms with E-state index < -0.39 is 5.82 Å². The molecule has 1 saturated heterocycles. The molecule has 0 radical (unpaired) electrons. The lowest BCUT2D eigenvalue weighted by Gasteiger charge is -2.26. The van der Waals surface area contributed by atoms with Gasteiger partial charge >= 0.3 is 0 Å². The molecule has 3 aromatic rings. The lowest BCUT2D eigenvalue weighted by Crippen LogP contribution is -2.36. The third-order valence-electron chi connectivity index (χ3n) is 4.73. The minimum atomic E-state index is -0.474. The van der Waals surface area contributed by atoms with E-state index in [0.29, 0.717) is 29.9 Å². The van der Waals surface area contributed by atoms with Gasteiger partial charge in [0, 0.05) is 23.8 Å². The second-order valence-corrected chi connectivity index (χ2v) is 8.29. The number of aromatic nitrogens is 3. The molecular formula is C21H21ClFN5O2S. The number of halogens is 2. The number of amides is 1. The van der Waals surface area contributed by atoms with E-state index in [1.54, 1.807) is 24.3 Å². The Morgan fingerprint density at radius 1 is 1.13 bits per heavy atom. The zero-order valence-corrected chi connectivity index (χ0v) is 18.2. The second kappa shape index (κ2) is 10.2. The van der Waals surface area contributed by atoms with Crippen LogP contribution in [-0.4, -0.2) is 57.6 Å². The molecular weight excluding hydrogens is 441 g/mol. The Hall–Kier alpha value is -2.46. The summed E-state index contributed by atoms with van der Waals surface area (Å²) in [6.45, 7) is 3.63. The number of nitrogens with one attached hydrogen (secondary N) is 1. The Bertz CT molecular complexity index is 1040. The zero-order chi connectivity index (χ0) is 21.6. The number of hydrogen-bond donors (Lipinski definition) is 1. The molecule has 0 aliphatic carbocycles. The number of para-hydroxylation sites is 1. The van der Waals surface area contributed by atoms with E-state index in [0.717, 1.165) is 24.6 Å². The topological polar surface area (TPSA) is 72.3 Å². The van der Waals surface area contributed by atoms with Gasteiger partial charge in [-0.3, -0.25) is 14.3 Å². The number of hydrogen-bond acceptors (Lipinski definition) is 6. The smallest absolute Gasteiger partial charge is 0.234 e. The number of morpholine rings is 1. The van der Waals surface area contributed by atoms with Gasteiger partial charge in [-0.2, -0.15) is 0 Å². The molecule has 4 rings (SSSR count). The Labute approximate surface area is 188 Å². The molecule has 0 bridgehead atoms. The third kappa shape index (κ3) is 5.62. The first kappa shape index (κ1) is 21.8. The fraction of sp³-hybridized carbons (Fsp3) is 0.286. The predicted octanol–water partition coefficient (Wildman–Crippen LogP) is 3.62. The van der Waals surface area contributed by atoms with E-state index in [4.69, 9.17) is 16.3 Å². The van der Waals surface area contributed by atoms with Crippen LogP contribution >= 0.6 is 23.4 Å².